The van der Waals surface area contributed by atoms with Crippen molar-refractivity contribution in [3.8, 4) is 23.0 Å². The Morgan fingerprint density at radius 1 is 1.07 bits per heavy atom. The van der Waals surface area contributed by atoms with Crippen molar-refractivity contribution in [2.75, 3.05) is 26.9 Å². The molecule has 11 heteroatoms. The minimum atomic E-state index is -0.782. The van der Waals surface area contributed by atoms with Crippen LogP contribution in [0.1, 0.15) is 58.7 Å². The quantitative estimate of drug-likeness (QED) is 0.263. The van der Waals surface area contributed by atoms with Crippen LogP contribution < -0.4 is 33.8 Å². The molecule has 1 aliphatic heterocycles. The van der Waals surface area contributed by atoms with E-state index in [0.717, 1.165) is 5.56 Å². The lowest BCUT2D eigenvalue weighted by Crippen LogP contribution is -2.40. The number of carbonyl (C=O) groups excluding carboxylic acids is 1. The Balaban J connectivity index is 1.93. The molecule has 0 unspecified atom stereocenters. The maximum absolute atomic E-state index is 14.1. The van der Waals surface area contributed by atoms with Crippen LogP contribution in [-0.2, 0) is 9.53 Å². The molecule has 9 nitrogen and oxygen atoms in total. The second-order valence-electron chi connectivity index (χ2n) is 9.58. The van der Waals surface area contributed by atoms with Crippen LogP contribution >= 0.6 is 27.3 Å². The minimum Gasteiger partial charge on any atom is -0.493 e. The lowest BCUT2D eigenvalue weighted by atomic mass is 9.95. The molecular formula is C31H35BrN2O7S. The number of thiazole rings is 1. The number of hydrogen-bond acceptors (Lipinski definition) is 9. The van der Waals surface area contributed by atoms with Crippen molar-refractivity contribution in [2.24, 2.45) is 4.99 Å². The van der Waals surface area contributed by atoms with Gasteiger partial charge in [-0.25, -0.2) is 9.79 Å². The summed E-state index contributed by atoms with van der Waals surface area (Å²) in [6.45, 7) is 12.3. The standard InChI is InChI=1S/C31H35BrN2O7S/c1-8-38-24-14-19(13-21(32)28(24)39-9-2)15-25-29(35)34-27(20-11-12-22(41-17(4)5)23(16-20)37-7)26(30(36)40-10-3)18(6)33-31(34)42-25/h11-17,27H,8-10H2,1-7H3/b25-15+/t27-/m1/s1. The largest absolute Gasteiger partial charge is 0.493 e. The van der Waals surface area contributed by atoms with Gasteiger partial charge in [-0.05, 0) is 98.9 Å². The van der Waals surface area contributed by atoms with Gasteiger partial charge < -0.3 is 23.7 Å². The van der Waals surface area contributed by atoms with Crippen molar-refractivity contribution in [1.29, 1.82) is 0 Å². The second-order valence-corrected chi connectivity index (χ2v) is 11.4. The smallest absolute Gasteiger partial charge is 0.338 e. The van der Waals surface area contributed by atoms with E-state index in [0.29, 0.717) is 61.3 Å². The molecule has 0 bridgehead atoms. The summed E-state index contributed by atoms with van der Waals surface area (Å²) in [4.78, 5) is 32.4. The average molecular weight is 660 g/mol. The Bertz CT molecular complexity index is 1690. The molecule has 4 rings (SSSR count). The number of nitrogens with zero attached hydrogens (tertiary/aromatic N) is 2. The number of carbonyl (C=O) groups is 1. The molecule has 2 heterocycles. The Hall–Kier alpha value is -3.57. The zero-order chi connectivity index (χ0) is 30.6. The van der Waals surface area contributed by atoms with Crippen molar-refractivity contribution in [1.82, 2.24) is 4.57 Å². The highest BCUT2D eigenvalue weighted by molar-refractivity contribution is 9.10. The molecule has 42 heavy (non-hydrogen) atoms. The third-order valence-electron chi connectivity index (χ3n) is 6.30. The number of ether oxygens (including phenoxy) is 5. The van der Waals surface area contributed by atoms with Gasteiger partial charge in [0.15, 0.2) is 27.8 Å². The van der Waals surface area contributed by atoms with Gasteiger partial charge in [0, 0.05) is 0 Å². The van der Waals surface area contributed by atoms with Crippen LogP contribution in [0.25, 0.3) is 6.08 Å². The summed E-state index contributed by atoms with van der Waals surface area (Å²) < 4.78 is 31.2. The highest BCUT2D eigenvalue weighted by Crippen LogP contribution is 2.38. The van der Waals surface area contributed by atoms with E-state index >= 15 is 0 Å². The van der Waals surface area contributed by atoms with E-state index in [2.05, 4.69) is 20.9 Å². The summed E-state index contributed by atoms with van der Waals surface area (Å²) in [7, 11) is 1.55. The van der Waals surface area contributed by atoms with Crippen molar-refractivity contribution in [3.63, 3.8) is 0 Å². The lowest BCUT2D eigenvalue weighted by Gasteiger charge is -2.25. The van der Waals surface area contributed by atoms with Crippen LogP contribution in [0.2, 0.25) is 0 Å². The van der Waals surface area contributed by atoms with E-state index in [-0.39, 0.29) is 23.8 Å². The number of aromatic nitrogens is 1. The van der Waals surface area contributed by atoms with Crippen LogP contribution in [0.3, 0.4) is 0 Å². The number of halogens is 1. The zero-order valence-corrected chi connectivity index (χ0v) is 27.2. The molecule has 1 aliphatic rings. The normalized spacial score (nSPS) is 14.9. The van der Waals surface area contributed by atoms with E-state index in [4.69, 9.17) is 23.7 Å². The van der Waals surface area contributed by atoms with Crippen LogP contribution in [0.15, 0.2) is 55.9 Å². The van der Waals surface area contributed by atoms with E-state index < -0.39 is 12.0 Å². The molecule has 2 aromatic carbocycles. The Morgan fingerprint density at radius 2 is 1.81 bits per heavy atom. The van der Waals surface area contributed by atoms with Crippen molar-refractivity contribution in [2.45, 2.75) is 53.7 Å². The molecule has 0 fully saturated rings. The maximum atomic E-state index is 14.1. The van der Waals surface area contributed by atoms with Crippen LogP contribution in [0.5, 0.6) is 23.0 Å². The Labute approximate surface area is 257 Å². The second kappa shape index (κ2) is 13.6. The summed E-state index contributed by atoms with van der Waals surface area (Å²) in [5, 5.41) is 0. The lowest BCUT2D eigenvalue weighted by molar-refractivity contribution is -0.139. The molecule has 1 atom stereocenters. The molecule has 0 N–H and O–H groups in total. The fraction of sp³-hybridized carbons (Fsp3) is 0.387. The number of methoxy groups -OCH3 is 1. The number of fused-ring (bicyclic) bond motifs is 1. The summed E-state index contributed by atoms with van der Waals surface area (Å²) in [6.07, 6.45) is 1.72. The highest BCUT2D eigenvalue weighted by atomic mass is 79.9. The van der Waals surface area contributed by atoms with Gasteiger partial charge in [0.05, 0.1) is 59.4 Å². The van der Waals surface area contributed by atoms with Gasteiger partial charge in [0.25, 0.3) is 5.56 Å². The first-order valence-corrected chi connectivity index (χ1v) is 15.4. The molecule has 0 saturated carbocycles. The van der Waals surface area contributed by atoms with Gasteiger partial charge in [-0.15, -0.1) is 0 Å². The molecule has 224 valence electrons. The fourth-order valence-electron chi connectivity index (χ4n) is 4.68. The summed E-state index contributed by atoms with van der Waals surface area (Å²) in [5.74, 6) is 1.70. The number of hydrogen-bond donors (Lipinski definition) is 0. The first-order valence-electron chi connectivity index (χ1n) is 13.8. The first kappa shape index (κ1) is 31.4. The fourth-order valence-corrected chi connectivity index (χ4v) is 6.30. The topological polar surface area (TPSA) is 97.6 Å². The minimum absolute atomic E-state index is 0.0643. The summed E-state index contributed by atoms with van der Waals surface area (Å²) in [5.41, 5.74) is 1.89. The van der Waals surface area contributed by atoms with Crippen LogP contribution in [0.4, 0.5) is 0 Å². The third-order valence-corrected chi connectivity index (χ3v) is 7.87. The molecule has 0 radical (unpaired) electrons. The maximum Gasteiger partial charge on any atom is 0.338 e. The average Bonchev–Trinajstić information content (AvgIpc) is 3.24. The van der Waals surface area contributed by atoms with Gasteiger partial charge in [0.2, 0.25) is 0 Å². The Morgan fingerprint density at radius 3 is 2.45 bits per heavy atom. The zero-order valence-electron chi connectivity index (χ0n) is 24.8. The van der Waals surface area contributed by atoms with Crippen LogP contribution in [-0.4, -0.2) is 43.6 Å². The van der Waals surface area contributed by atoms with Crippen molar-refractivity contribution in [3.05, 3.63) is 76.9 Å². The molecule has 0 aliphatic carbocycles. The number of allylic oxidation sites excluding steroid dienone is 1. The van der Waals surface area contributed by atoms with Gasteiger partial charge in [-0.3, -0.25) is 9.36 Å². The van der Waals surface area contributed by atoms with Crippen LogP contribution in [0, 0.1) is 0 Å². The van der Waals surface area contributed by atoms with Gasteiger partial charge >= 0.3 is 5.97 Å². The van der Waals surface area contributed by atoms with Gasteiger partial charge in [-0.2, -0.15) is 0 Å². The molecule has 0 spiro atoms. The van der Waals surface area contributed by atoms with Gasteiger partial charge in [-0.1, -0.05) is 17.4 Å². The molecular weight excluding hydrogens is 624 g/mol. The van der Waals surface area contributed by atoms with E-state index in [1.807, 2.05) is 45.9 Å². The Kier molecular flexibility index (Phi) is 10.2. The summed E-state index contributed by atoms with van der Waals surface area (Å²) >= 11 is 4.82. The summed E-state index contributed by atoms with van der Waals surface area (Å²) in [6, 6.07) is 8.33. The number of esters is 1. The van der Waals surface area contributed by atoms with E-state index in [9.17, 15) is 9.59 Å². The highest BCUT2D eigenvalue weighted by Gasteiger charge is 2.34. The number of benzene rings is 2. The van der Waals surface area contributed by atoms with Gasteiger partial charge in [0.1, 0.15) is 0 Å². The van der Waals surface area contributed by atoms with Crippen molar-refractivity contribution < 1.29 is 28.5 Å². The molecule has 0 saturated heterocycles. The van der Waals surface area contributed by atoms with Crippen molar-refractivity contribution >= 4 is 39.3 Å². The van der Waals surface area contributed by atoms with E-state index in [1.165, 1.54) is 11.3 Å². The number of rotatable bonds is 11. The predicted octanol–water partition coefficient (Wildman–Crippen LogP) is 5.15. The monoisotopic (exact) mass is 658 g/mol. The first-order chi connectivity index (χ1) is 20.1. The molecule has 3 aromatic rings. The third kappa shape index (κ3) is 6.42. The predicted molar refractivity (Wildman–Crippen MR) is 166 cm³/mol. The molecule has 0 amide bonds. The SMILES string of the molecule is CCOC(=O)C1=C(C)N=c2s/c(=C/c3cc(Br)c(OCC)c(OCC)c3)c(=O)n2[C@@H]1c1ccc(OC(C)C)c(OC)c1. The van der Waals surface area contributed by atoms with E-state index in [1.54, 1.807) is 43.7 Å². The molecule has 1 aromatic heterocycles.